The number of rotatable bonds is 7. The summed E-state index contributed by atoms with van der Waals surface area (Å²) in [5, 5.41) is 11.7. The molecule has 19 heavy (non-hydrogen) atoms. The van der Waals surface area contributed by atoms with Crippen molar-refractivity contribution in [2.24, 2.45) is 16.3 Å². The van der Waals surface area contributed by atoms with E-state index in [1.807, 2.05) is 13.8 Å². The Hall–Kier alpha value is -1.62. The number of halogens is 1. The lowest BCUT2D eigenvalue weighted by Gasteiger charge is -2.22. The minimum atomic E-state index is -0.365. The predicted octanol–water partition coefficient (Wildman–Crippen LogP) is 2.90. The van der Waals surface area contributed by atoms with Gasteiger partial charge < -0.3 is 15.7 Å². The van der Waals surface area contributed by atoms with E-state index < -0.39 is 0 Å². The third-order valence-electron chi connectivity index (χ3n) is 3.11. The van der Waals surface area contributed by atoms with Gasteiger partial charge in [0.15, 0.2) is 0 Å². The van der Waals surface area contributed by atoms with Crippen molar-refractivity contribution in [1.82, 2.24) is 0 Å². The second kappa shape index (κ2) is 7.09. The first-order valence-corrected chi connectivity index (χ1v) is 6.26. The van der Waals surface area contributed by atoms with Crippen molar-refractivity contribution < 1.29 is 14.3 Å². The highest BCUT2D eigenvalue weighted by molar-refractivity contribution is 5.85. The number of hydrogen-bond donors (Lipinski definition) is 2. The zero-order valence-corrected chi connectivity index (χ0v) is 11.4. The Balaban J connectivity index is 2.27. The standard InChI is InChI=1S/C14H21FN2O2/c1-14(2,13(16)17-18)8-5-9-19-10-11-6-3-4-7-12(11)15/h3-4,6-7,18H,5,8-10H2,1-2H3,(H2,16,17). The number of nitrogens with two attached hydrogens (primary N) is 1. The van der Waals surface area contributed by atoms with Gasteiger partial charge in [0.1, 0.15) is 11.7 Å². The summed E-state index contributed by atoms with van der Waals surface area (Å²) in [6, 6.07) is 6.55. The van der Waals surface area contributed by atoms with E-state index in [1.54, 1.807) is 18.2 Å². The lowest BCUT2D eigenvalue weighted by Crippen LogP contribution is -2.32. The number of ether oxygens (including phenoxy) is 1. The van der Waals surface area contributed by atoms with Gasteiger partial charge in [-0.2, -0.15) is 0 Å². The molecule has 0 heterocycles. The van der Waals surface area contributed by atoms with Crippen LogP contribution in [0.5, 0.6) is 0 Å². The molecular weight excluding hydrogens is 247 g/mol. The van der Waals surface area contributed by atoms with Crippen LogP contribution in [0.3, 0.4) is 0 Å². The maximum Gasteiger partial charge on any atom is 0.144 e. The van der Waals surface area contributed by atoms with E-state index >= 15 is 0 Å². The molecule has 5 heteroatoms. The Morgan fingerprint density at radius 2 is 2.11 bits per heavy atom. The molecule has 1 aromatic carbocycles. The van der Waals surface area contributed by atoms with Crippen LogP contribution in [0.2, 0.25) is 0 Å². The van der Waals surface area contributed by atoms with Crippen molar-refractivity contribution in [1.29, 1.82) is 0 Å². The molecule has 0 fully saturated rings. The first-order chi connectivity index (χ1) is 8.97. The summed E-state index contributed by atoms with van der Waals surface area (Å²) in [5.74, 6) is -0.0407. The summed E-state index contributed by atoms with van der Waals surface area (Å²) in [7, 11) is 0. The lowest BCUT2D eigenvalue weighted by molar-refractivity contribution is 0.110. The largest absolute Gasteiger partial charge is 0.409 e. The van der Waals surface area contributed by atoms with Gasteiger partial charge in [0.2, 0.25) is 0 Å². The molecule has 1 aromatic rings. The molecule has 0 atom stereocenters. The van der Waals surface area contributed by atoms with Gasteiger partial charge in [-0.05, 0) is 18.9 Å². The van der Waals surface area contributed by atoms with Gasteiger partial charge in [0.25, 0.3) is 0 Å². The van der Waals surface area contributed by atoms with E-state index in [0.29, 0.717) is 12.2 Å². The average Bonchev–Trinajstić information content (AvgIpc) is 2.39. The van der Waals surface area contributed by atoms with Gasteiger partial charge in [0, 0.05) is 17.6 Å². The van der Waals surface area contributed by atoms with E-state index in [9.17, 15) is 4.39 Å². The summed E-state index contributed by atoms with van der Waals surface area (Å²) in [5.41, 5.74) is 5.77. The van der Waals surface area contributed by atoms with Crippen LogP contribution in [0.25, 0.3) is 0 Å². The van der Waals surface area contributed by atoms with Crippen molar-refractivity contribution >= 4 is 5.84 Å². The Morgan fingerprint density at radius 3 is 2.74 bits per heavy atom. The molecular formula is C14H21FN2O2. The van der Waals surface area contributed by atoms with Crippen molar-refractivity contribution in [3.8, 4) is 0 Å². The van der Waals surface area contributed by atoms with E-state index in [-0.39, 0.29) is 23.7 Å². The SMILES string of the molecule is CC(C)(CCCOCc1ccccc1F)C(N)=NO. The zero-order chi connectivity index (χ0) is 14.3. The maximum absolute atomic E-state index is 13.3. The summed E-state index contributed by atoms with van der Waals surface area (Å²) in [4.78, 5) is 0. The molecule has 4 nitrogen and oxygen atoms in total. The Morgan fingerprint density at radius 1 is 1.42 bits per heavy atom. The topological polar surface area (TPSA) is 67.8 Å². The van der Waals surface area contributed by atoms with Gasteiger partial charge in [-0.3, -0.25) is 0 Å². The second-order valence-corrected chi connectivity index (χ2v) is 5.12. The number of benzene rings is 1. The van der Waals surface area contributed by atoms with Crippen molar-refractivity contribution in [3.05, 3.63) is 35.6 Å². The van der Waals surface area contributed by atoms with Crippen LogP contribution in [-0.4, -0.2) is 17.6 Å². The van der Waals surface area contributed by atoms with Gasteiger partial charge in [-0.15, -0.1) is 0 Å². The first-order valence-electron chi connectivity index (χ1n) is 6.26. The smallest absolute Gasteiger partial charge is 0.144 e. The highest BCUT2D eigenvalue weighted by Crippen LogP contribution is 2.22. The van der Waals surface area contributed by atoms with Gasteiger partial charge in [0.05, 0.1) is 6.61 Å². The van der Waals surface area contributed by atoms with Crippen LogP contribution in [0, 0.1) is 11.2 Å². The Bertz CT molecular complexity index is 433. The van der Waals surface area contributed by atoms with E-state index in [4.69, 9.17) is 15.7 Å². The van der Waals surface area contributed by atoms with E-state index in [1.165, 1.54) is 6.07 Å². The number of hydrogen-bond acceptors (Lipinski definition) is 3. The highest BCUT2D eigenvalue weighted by atomic mass is 19.1. The van der Waals surface area contributed by atoms with Crippen LogP contribution in [0.15, 0.2) is 29.4 Å². The molecule has 0 amide bonds. The normalized spacial score (nSPS) is 12.7. The molecule has 1 rings (SSSR count). The average molecular weight is 268 g/mol. The fraction of sp³-hybridized carbons (Fsp3) is 0.500. The molecule has 106 valence electrons. The third-order valence-corrected chi connectivity index (χ3v) is 3.11. The minimum absolute atomic E-state index is 0.210. The fourth-order valence-electron chi connectivity index (χ4n) is 1.68. The summed E-state index contributed by atoms with van der Waals surface area (Å²) in [6.07, 6.45) is 1.50. The lowest BCUT2D eigenvalue weighted by atomic mass is 9.87. The molecule has 3 N–H and O–H groups in total. The molecule has 0 radical (unpaired) electrons. The van der Waals surface area contributed by atoms with Crippen LogP contribution < -0.4 is 5.73 Å². The maximum atomic E-state index is 13.3. The second-order valence-electron chi connectivity index (χ2n) is 5.12. The van der Waals surface area contributed by atoms with E-state index in [0.717, 1.165) is 12.8 Å². The Kier molecular flexibility index (Phi) is 5.76. The van der Waals surface area contributed by atoms with Crippen LogP contribution in [0.1, 0.15) is 32.3 Å². The quantitative estimate of drug-likeness (QED) is 0.263. The van der Waals surface area contributed by atoms with E-state index in [2.05, 4.69) is 5.16 Å². The molecule has 0 bridgehead atoms. The van der Waals surface area contributed by atoms with Crippen LogP contribution >= 0.6 is 0 Å². The molecule has 0 aliphatic carbocycles. The molecule has 0 aliphatic heterocycles. The van der Waals surface area contributed by atoms with Crippen molar-refractivity contribution in [2.45, 2.75) is 33.3 Å². The number of amidine groups is 1. The van der Waals surface area contributed by atoms with Gasteiger partial charge >= 0.3 is 0 Å². The zero-order valence-electron chi connectivity index (χ0n) is 11.4. The molecule has 0 aliphatic rings. The highest BCUT2D eigenvalue weighted by Gasteiger charge is 2.22. The summed E-state index contributed by atoms with van der Waals surface area (Å²) >= 11 is 0. The monoisotopic (exact) mass is 268 g/mol. The number of oxime groups is 1. The Labute approximate surface area is 113 Å². The minimum Gasteiger partial charge on any atom is -0.409 e. The van der Waals surface area contributed by atoms with Crippen molar-refractivity contribution in [3.63, 3.8) is 0 Å². The molecule has 0 saturated heterocycles. The molecule has 0 saturated carbocycles. The number of nitrogens with zero attached hydrogens (tertiary/aromatic N) is 1. The van der Waals surface area contributed by atoms with Crippen LogP contribution in [0.4, 0.5) is 4.39 Å². The molecule has 0 aromatic heterocycles. The first kappa shape index (κ1) is 15.4. The van der Waals surface area contributed by atoms with Gasteiger partial charge in [-0.1, -0.05) is 37.2 Å². The predicted molar refractivity (Wildman–Crippen MR) is 72.5 cm³/mol. The summed E-state index contributed by atoms with van der Waals surface area (Å²) in [6.45, 7) is 4.57. The third kappa shape index (κ3) is 4.87. The fourth-order valence-corrected chi connectivity index (χ4v) is 1.68. The molecule has 0 spiro atoms. The van der Waals surface area contributed by atoms with Crippen LogP contribution in [-0.2, 0) is 11.3 Å². The summed E-state index contributed by atoms with van der Waals surface area (Å²) < 4.78 is 18.7. The van der Waals surface area contributed by atoms with Crippen molar-refractivity contribution in [2.75, 3.05) is 6.61 Å². The van der Waals surface area contributed by atoms with Gasteiger partial charge in [-0.25, -0.2) is 4.39 Å². The molecule has 0 unspecified atom stereocenters.